The van der Waals surface area contributed by atoms with E-state index in [-0.39, 0.29) is 10.6 Å². The summed E-state index contributed by atoms with van der Waals surface area (Å²) < 4.78 is 0.678. The SMILES string of the molecule is NC(=O)C(O)C(O)c1cc(Br)ccc1Cl. The monoisotopic (exact) mass is 293 g/mol. The van der Waals surface area contributed by atoms with Gasteiger partial charge in [0.05, 0.1) is 0 Å². The van der Waals surface area contributed by atoms with Crippen molar-refractivity contribution in [1.82, 2.24) is 0 Å². The number of hydrogen-bond donors (Lipinski definition) is 3. The molecule has 0 spiro atoms. The molecular formula is C9H9BrClNO3. The number of hydrogen-bond acceptors (Lipinski definition) is 3. The number of carbonyl (C=O) groups is 1. The second-order valence-electron chi connectivity index (χ2n) is 2.96. The summed E-state index contributed by atoms with van der Waals surface area (Å²) in [6.45, 7) is 0. The molecule has 82 valence electrons. The van der Waals surface area contributed by atoms with Gasteiger partial charge in [0, 0.05) is 15.1 Å². The zero-order valence-electron chi connectivity index (χ0n) is 7.52. The van der Waals surface area contributed by atoms with E-state index in [4.69, 9.17) is 17.3 Å². The van der Waals surface area contributed by atoms with E-state index in [2.05, 4.69) is 15.9 Å². The number of carbonyl (C=O) groups excluding carboxylic acids is 1. The molecule has 0 saturated carbocycles. The van der Waals surface area contributed by atoms with Crippen LogP contribution >= 0.6 is 27.5 Å². The van der Waals surface area contributed by atoms with Crippen LogP contribution in [0, 0.1) is 0 Å². The summed E-state index contributed by atoms with van der Waals surface area (Å²) in [4.78, 5) is 10.7. The average molecular weight is 295 g/mol. The molecule has 0 fully saturated rings. The molecule has 1 aromatic carbocycles. The van der Waals surface area contributed by atoms with Crippen LogP contribution in [0.15, 0.2) is 22.7 Å². The third-order valence-electron chi connectivity index (χ3n) is 1.87. The van der Waals surface area contributed by atoms with Crippen molar-refractivity contribution in [3.05, 3.63) is 33.3 Å². The molecule has 0 heterocycles. The zero-order valence-corrected chi connectivity index (χ0v) is 9.86. The minimum Gasteiger partial charge on any atom is -0.385 e. The third kappa shape index (κ3) is 2.92. The van der Waals surface area contributed by atoms with Gasteiger partial charge in [0.1, 0.15) is 6.10 Å². The minimum atomic E-state index is -1.67. The predicted octanol–water partition coefficient (Wildman–Crippen LogP) is 0.982. The molecule has 1 rings (SSSR count). The molecule has 0 saturated heterocycles. The van der Waals surface area contributed by atoms with Gasteiger partial charge in [0.25, 0.3) is 0 Å². The molecule has 2 atom stereocenters. The lowest BCUT2D eigenvalue weighted by Crippen LogP contribution is -2.33. The van der Waals surface area contributed by atoms with E-state index in [1.165, 1.54) is 12.1 Å². The third-order valence-corrected chi connectivity index (χ3v) is 2.70. The standard InChI is InChI=1S/C9H9BrClNO3/c10-4-1-2-6(11)5(3-4)7(13)8(14)9(12)15/h1-3,7-8,13-14H,(H2,12,15). The smallest absolute Gasteiger partial charge is 0.249 e. The van der Waals surface area contributed by atoms with Crippen LogP contribution < -0.4 is 5.73 Å². The van der Waals surface area contributed by atoms with E-state index < -0.39 is 18.1 Å². The highest BCUT2D eigenvalue weighted by Crippen LogP contribution is 2.28. The van der Waals surface area contributed by atoms with Crippen molar-refractivity contribution in [1.29, 1.82) is 0 Å². The van der Waals surface area contributed by atoms with Gasteiger partial charge in [0.15, 0.2) is 6.10 Å². The van der Waals surface area contributed by atoms with Gasteiger partial charge in [-0.05, 0) is 18.2 Å². The first-order chi connectivity index (χ1) is 6.93. The molecule has 0 aliphatic rings. The second-order valence-corrected chi connectivity index (χ2v) is 4.28. The molecule has 0 bridgehead atoms. The average Bonchev–Trinajstić information content (AvgIpc) is 2.19. The number of amides is 1. The molecule has 0 aliphatic carbocycles. The molecule has 0 aliphatic heterocycles. The van der Waals surface area contributed by atoms with Crippen molar-refractivity contribution in [2.75, 3.05) is 0 Å². The lowest BCUT2D eigenvalue weighted by Gasteiger charge is -2.16. The van der Waals surface area contributed by atoms with E-state index >= 15 is 0 Å². The lowest BCUT2D eigenvalue weighted by molar-refractivity contribution is -0.131. The summed E-state index contributed by atoms with van der Waals surface area (Å²) in [7, 11) is 0. The highest BCUT2D eigenvalue weighted by atomic mass is 79.9. The van der Waals surface area contributed by atoms with Crippen LogP contribution in [0.3, 0.4) is 0 Å². The molecule has 0 radical (unpaired) electrons. The van der Waals surface area contributed by atoms with Crippen LogP contribution in [0.2, 0.25) is 5.02 Å². The Labute approximate surface area is 99.8 Å². The summed E-state index contributed by atoms with van der Waals surface area (Å²) in [5.41, 5.74) is 5.11. The van der Waals surface area contributed by atoms with Crippen molar-refractivity contribution in [2.24, 2.45) is 5.73 Å². The van der Waals surface area contributed by atoms with Gasteiger partial charge >= 0.3 is 0 Å². The first-order valence-corrected chi connectivity index (χ1v) is 5.21. The molecule has 1 amide bonds. The Morgan fingerprint density at radius 2 is 2.07 bits per heavy atom. The zero-order chi connectivity index (χ0) is 11.6. The van der Waals surface area contributed by atoms with Crippen LogP contribution in [0.1, 0.15) is 11.7 Å². The number of nitrogens with two attached hydrogens (primary N) is 1. The van der Waals surface area contributed by atoms with E-state index in [9.17, 15) is 15.0 Å². The number of aliphatic hydroxyl groups is 2. The summed E-state index contributed by atoms with van der Waals surface area (Å²) in [6.07, 6.45) is -3.09. The second kappa shape index (κ2) is 4.94. The predicted molar refractivity (Wildman–Crippen MR) is 59.3 cm³/mol. The van der Waals surface area contributed by atoms with Gasteiger partial charge in [0.2, 0.25) is 5.91 Å². The van der Waals surface area contributed by atoms with E-state index in [1.54, 1.807) is 6.07 Å². The number of halogens is 2. The molecule has 4 N–H and O–H groups in total. The molecule has 0 aromatic heterocycles. The number of rotatable bonds is 3. The summed E-state index contributed by atoms with van der Waals surface area (Å²) in [5, 5.41) is 19.1. The van der Waals surface area contributed by atoms with Crippen molar-refractivity contribution in [3.63, 3.8) is 0 Å². The summed E-state index contributed by atoms with van der Waals surface area (Å²) >= 11 is 8.98. The first kappa shape index (κ1) is 12.4. The maximum absolute atomic E-state index is 10.7. The molecule has 2 unspecified atom stereocenters. The van der Waals surface area contributed by atoms with Crippen LogP contribution in [-0.4, -0.2) is 22.2 Å². The summed E-state index contributed by atoms with van der Waals surface area (Å²) in [5.74, 6) is -1.00. The largest absolute Gasteiger partial charge is 0.385 e. The number of aliphatic hydroxyl groups excluding tert-OH is 2. The van der Waals surface area contributed by atoms with Crippen LogP contribution in [0.25, 0.3) is 0 Å². The van der Waals surface area contributed by atoms with Gasteiger partial charge < -0.3 is 15.9 Å². The Kier molecular flexibility index (Phi) is 4.10. The Morgan fingerprint density at radius 3 is 2.60 bits per heavy atom. The Balaban J connectivity index is 3.04. The molecule has 4 nitrogen and oxygen atoms in total. The fraction of sp³-hybridized carbons (Fsp3) is 0.222. The van der Waals surface area contributed by atoms with Crippen molar-refractivity contribution < 1.29 is 15.0 Å². The van der Waals surface area contributed by atoms with Gasteiger partial charge in [-0.15, -0.1) is 0 Å². The van der Waals surface area contributed by atoms with Gasteiger partial charge in [-0.1, -0.05) is 27.5 Å². The highest BCUT2D eigenvalue weighted by molar-refractivity contribution is 9.10. The first-order valence-electron chi connectivity index (χ1n) is 4.04. The minimum absolute atomic E-state index is 0.248. The fourth-order valence-corrected chi connectivity index (χ4v) is 1.68. The van der Waals surface area contributed by atoms with Gasteiger partial charge in [-0.25, -0.2) is 0 Å². The number of benzene rings is 1. The van der Waals surface area contributed by atoms with Crippen LogP contribution in [-0.2, 0) is 4.79 Å². The van der Waals surface area contributed by atoms with Crippen molar-refractivity contribution in [2.45, 2.75) is 12.2 Å². The number of primary amides is 1. The van der Waals surface area contributed by atoms with Crippen molar-refractivity contribution >= 4 is 33.4 Å². The maximum atomic E-state index is 10.7. The summed E-state index contributed by atoms with van der Waals surface area (Å²) in [6, 6.07) is 4.73. The topological polar surface area (TPSA) is 83.6 Å². The quantitative estimate of drug-likeness (QED) is 0.777. The Bertz CT molecular complexity index is 386. The molecule has 1 aromatic rings. The highest BCUT2D eigenvalue weighted by Gasteiger charge is 2.25. The Morgan fingerprint density at radius 1 is 1.47 bits per heavy atom. The van der Waals surface area contributed by atoms with Gasteiger partial charge in [-0.3, -0.25) is 4.79 Å². The fourth-order valence-electron chi connectivity index (χ4n) is 1.07. The van der Waals surface area contributed by atoms with Crippen molar-refractivity contribution in [3.8, 4) is 0 Å². The normalized spacial score (nSPS) is 14.7. The van der Waals surface area contributed by atoms with E-state index in [0.717, 1.165) is 0 Å². The Hall–Kier alpha value is -0.620. The van der Waals surface area contributed by atoms with E-state index in [0.29, 0.717) is 4.47 Å². The maximum Gasteiger partial charge on any atom is 0.249 e. The lowest BCUT2D eigenvalue weighted by atomic mass is 10.0. The van der Waals surface area contributed by atoms with Crippen LogP contribution in [0.5, 0.6) is 0 Å². The molecular weight excluding hydrogens is 285 g/mol. The van der Waals surface area contributed by atoms with E-state index in [1.807, 2.05) is 0 Å². The van der Waals surface area contributed by atoms with Gasteiger partial charge in [-0.2, -0.15) is 0 Å². The van der Waals surface area contributed by atoms with Crippen LogP contribution in [0.4, 0.5) is 0 Å². The molecule has 6 heteroatoms. The molecule has 15 heavy (non-hydrogen) atoms.